The third kappa shape index (κ3) is 3.61. The van der Waals surface area contributed by atoms with Crippen LogP contribution in [0.25, 0.3) is 0 Å². The Hall–Kier alpha value is -1.79. The van der Waals surface area contributed by atoms with Crippen molar-refractivity contribution in [1.29, 1.82) is 0 Å². The van der Waals surface area contributed by atoms with E-state index in [0.717, 1.165) is 0 Å². The third-order valence-electron chi connectivity index (χ3n) is 3.05. The average Bonchev–Trinajstić information content (AvgIpc) is 2.71. The molecule has 2 amide bonds. The molecule has 1 saturated heterocycles. The Bertz CT molecular complexity index is 344. The molecule has 1 fully saturated rings. The summed E-state index contributed by atoms with van der Waals surface area (Å²) < 4.78 is 4.44. The number of urea groups is 1. The summed E-state index contributed by atoms with van der Waals surface area (Å²) in [5.74, 6) is -1.86. The second-order valence-corrected chi connectivity index (χ2v) is 4.39. The Morgan fingerprint density at radius 1 is 1.39 bits per heavy atom. The summed E-state index contributed by atoms with van der Waals surface area (Å²) in [5, 5.41) is 11.5. The molecule has 7 nitrogen and oxygen atoms in total. The number of hydrogen-bond acceptors (Lipinski definition) is 4. The van der Waals surface area contributed by atoms with E-state index in [1.807, 2.05) is 0 Å². The number of carboxylic acids is 1. The van der Waals surface area contributed by atoms with E-state index in [9.17, 15) is 14.4 Å². The summed E-state index contributed by atoms with van der Waals surface area (Å²) in [7, 11) is 1.28. The topological polar surface area (TPSA) is 95.9 Å². The largest absolute Gasteiger partial charge is 0.481 e. The van der Waals surface area contributed by atoms with Crippen LogP contribution < -0.4 is 5.32 Å². The van der Waals surface area contributed by atoms with Crippen LogP contribution in [0, 0.1) is 11.8 Å². The molecular weight excluding hydrogens is 240 g/mol. The van der Waals surface area contributed by atoms with E-state index in [2.05, 4.69) is 10.1 Å². The predicted molar refractivity (Wildman–Crippen MR) is 61.9 cm³/mol. The van der Waals surface area contributed by atoms with Gasteiger partial charge in [0.05, 0.1) is 19.4 Å². The van der Waals surface area contributed by atoms with Crippen molar-refractivity contribution in [3.63, 3.8) is 0 Å². The molecule has 18 heavy (non-hydrogen) atoms. The lowest BCUT2D eigenvalue weighted by Crippen LogP contribution is -2.39. The van der Waals surface area contributed by atoms with E-state index in [0.29, 0.717) is 6.54 Å². The molecule has 2 atom stereocenters. The van der Waals surface area contributed by atoms with E-state index < -0.39 is 17.9 Å². The molecule has 0 aromatic rings. The van der Waals surface area contributed by atoms with Crippen LogP contribution in [0.1, 0.15) is 13.3 Å². The molecule has 1 aliphatic heterocycles. The summed E-state index contributed by atoms with van der Waals surface area (Å²) in [6.07, 6.45) is 0.105. The van der Waals surface area contributed by atoms with Gasteiger partial charge in [0.1, 0.15) is 0 Å². The molecule has 7 heteroatoms. The van der Waals surface area contributed by atoms with Gasteiger partial charge in [0.25, 0.3) is 0 Å². The van der Waals surface area contributed by atoms with Gasteiger partial charge in [-0.2, -0.15) is 0 Å². The van der Waals surface area contributed by atoms with Gasteiger partial charge in [-0.3, -0.25) is 9.59 Å². The van der Waals surface area contributed by atoms with Gasteiger partial charge >= 0.3 is 18.0 Å². The lowest BCUT2D eigenvalue weighted by Gasteiger charge is -2.16. The smallest absolute Gasteiger partial charge is 0.317 e. The third-order valence-corrected chi connectivity index (χ3v) is 3.05. The number of likely N-dealkylation sites (tertiary alicyclic amines) is 1. The highest BCUT2D eigenvalue weighted by Crippen LogP contribution is 2.22. The van der Waals surface area contributed by atoms with Gasteiger partial charge in [-0.25, -0.2) is 4.79 Å². The molecule has 0 aliphatic carbocycles. The van der Waals surface area contributed by atoms with Crippen LogP contribution in [0.5, 0.6) is 0 Å². The lowest BCUT2D eigenvalue weighted by atomic mass is 9.99. The van der Waals surface area contributed by atoms with Crippen LogP contribution in [0.3, 0.4) is 0 Å². The quantitative estimate of drug-likeness (QED) is 0.687. The molecule has 0 unspecified atom stereocenters. The predicted octanol–water partition coefficient (Wildman–Crippen LogP) is -0.0884. The van der Waals surface area contributed by atoms with Crippen molar-refractivity contribution in [3.8, 4) is 0 Å². The lowest BCUT2D eigenvalue weighted by molar-refractivity contribution is -0.142. The van der Waals surface area contributed by atoms with Crippen LogP contribution in [0.15, 0.2) is 0 Å². The van der Waals surface area contributed by atoms with Crippen molar-refractivity contribution >= 4 is 18.0 Å². The van der Waals surface area contributed by atoms with Crippen LogP contribution >= 0.6 is 0 Å². The van der Waals surface area contributed by atoms with Crippen LogP contribution in [-0.2, 0) is 14.3 Å². The zero-order chi connectivity index (χ0) is 13.7. The van der Waals surface area contributed by atoms with Crippen molar-refractivity contribution in [2.75, 3.05) is 26.7 Å². The Labute approximate surface area is 105 Å². The summed E-state index contributed by atoms with van der Waals surface area (Å²) in [6, 6.07) is -0.338. The van der Waals surface area contributed by atoms with E-state index in [-0.39, 0.29) is 31.5 Å². The molecule has 0 saturated carbocycles. The Kier molecular flexibility index (Phi) is 4.94. The maximum absolute atomic E-state index is 11.7. The van der Waals surface area contributed by atoms with Crippen molar-refractivity contribution in [3.05, 3.63) is 0 Å². The molecule has 1 aliphatic rings. The van der Waals surface area contributed by atoms with Gasteiger partial charge in [0.15, 0.2) is 0 Å². The maximum Gasteiger partial charge on any atom is 0.317 e. The highest BCUT2D eigenvalue weighted by atomic mass is 16.5. The number of esters is 1. The molecule has 0 bridgehead atoms. The number of carboxylic acid groups (broad SMARTS) is 1. The first-order valence-electron chi connectivity index (χ1n) is 5.78. The van der Waals surface area contributed by atoms with Gasteiger partial charge < -0.3 is 20.1 Å². The molecule has 0 spiro atoms. The van der Waals surface area contributed by atoms with Crippen LogP contribution in [0.2, 0.25) is 0 Å². The average molecular weight is 258 g/mol. The van der Waals surface area contributed by atoms with Crippen molar-refractivity contribution < 1.29 is 24.2 Å². The number of carbonyl (C=O) groups excluding carboxylic acids is 2. The van der Waals surface area contributed by atoms with Crippen molar-refractivity contribution in [2.45, 2.75) is 13.3 Å². The first-order chi connectivity index (χ1) is 8.45. The van der Waals surface area contributed by atoms with Gasteiger partial charge in [-0.1, -0.05) is 6.92 Å². The summed E-state index contributed by atoms with van der Waals surface area (Å²) in [5.41, 5.74) is 0. The van der Waals surface area contributed by atoms with Gasteiger partial charge in [-0.05, 0) is 5.92 Å². The number of ether oxygens (including phenoxy) is 1. The molecule has 102 valence electrons. The SMILES string of the molecule is COC(=O)CCNC(=O)N1C[C@@H](C)[C@H](C(=O)O)C1. The first-order valence-corrected chi connectivity index (χ1v) is 5.78. The molecule has 1 rings (SSSR count). The zero-order valence-corrected chi connectivity index (χ0v) is 10.5. The van der Waals surface area contributed by atoms with Crippen molar-refractivity contribution in [1.82, 2.24) is 10.2 Å². The normalized spacial score (nSPS) is 22.7. The summed E-state index contributed by atoms with van der Waals surface area (Å²) in [4.78, 5) is 34.9. The maximum atomic E-state index is 11.7. The highest BCUT2D eigenvalue weighted by Gasteiger charge is 2.36. The van der Waals surface area contributed by atoms with Crippen LogP contribution in [-0.4, -0.2) is 54.7 Å². The Morgan fingerprint density at radius 3 is 2.56 bits per heavy atom. The minimum atomic E-state index is -0.882. The fourth-order valence-electron chi connectivity index (χ4n) is 1.94. The van der Waals surface area contributed by atoms with Crippen LogP contribution in [0.4, 0.5) is 4.79 Å². The van der Waals surface area contributed by atoms with Gasteiger partial charge in [0, 0.05) is 19.6 Å². The zero-order valence-electron chi connectivity index (χ0n) is 10.5. The number of nitrogens with zero attached hydrogens (tertiary/aromatic N) is 1. The molecule has 2 N–H and O–H groups in total. The minimum absolute atomic E-state index is 0.0612. The summed E-state index contributed by atoms with van der Waals surface area (Å²) in [6.45, 7) is 2.62. The fourth-order valence-corrected chi connectivity index (χ4v) is 1.94. The number of carbonyl (C=O) groups is 3. The van der Waals surface area contributed by atoms with Gasteiger partial charge in [0.2, 0.25) is 0 Å². The van der Waals surface area contributed by atoms with E-state index >= 15 is 0 Å². The van der Waals surface area contributed by atoms with E-state index in [4.69, 9.17) is 5.11 Å². The molecule has 1 heterocycles. The number of amides is 2. The number of hydrogen-bond donors (Lipinski definition) is 2. The standard InChI is InChI=1S/C11H18N2O5/c1-7-5-13(6-8(7)10(15)16)11(17)12-4-3-9(14)18-2/h7-8H,3-6H2,1-2H3,(H,12,17)(H,15,16)/t7-,8-/m1/s1. The number of nitrogens with one attached hydrogen (secondary N) is 1. The minimum Gasteiger partial charge on any atom is -0.481 e. The number of rotatable bonds is 4. The summed E-state index contributed by atoms with van der Waals surface area (Å²) >= 11 is 0. The number of methoxy groups -OCH3 is 1. The van der Waals surface area contributed by atoms with Crippen molar-refractivity contribution in [2.24, 2.45) is 11.8 Å². The Morgan fingerprint density at radius 2 is 2.06 bits per heavy atom. The fraction of sp³-hybridized carbons (Fsp3) is 0.727. The molecule has 0 aromatic carbocycles. The monoisotopic (exact) mass is 258 g/mol. The Balaban J connectivity index is 2.35. The second-order valence-electron chi connectivity index (χ2n) is 4.39. The van der Waals surface area contributed by atoms with E-state index in [1.165, 1.54) is 12.0 Å². The molecule has 0 aromatic heterocycles. The second kappa shape index (κ2) is 6.23. The number of aliphatic carboxylic acids is 1. The highest BCUT2D eigenvalue weighted by molar-refractivity contribution is 5.78. The first kappa shape index (κ1) is 14.3. The van der Waals surface area contributed by atoms with E-state index in [1.54, 1.807) is 6.92 Å². The van der Waals surface area contributed by atoms with Gasteiger partial charge in [-0.15, -0.1) is 0 Å². The molecular formula is C11H18N2O5. The molecule has 0 radical (unpaired) electrons.